The van der Waals surface area contributed by atoms with Crippen LogP contribution in [0, 0.1) is 0 Å². The first-order chi connectivity index (χ1) is 8.40. The molecule has 0 unspecified atom stereocenters. The summed E-state index contributed by atoms with van der Waals surface area (Å²) in [4.78, 5) is 19.7. The van der Waals surface area contributed by atoms with Crippen molar-refractivity contribution >= 4 is 22.7 Å². The van der Waals surface area contributed by atoms with Crippen LogP contribution in [0.4, 0.5) is 0 Å². The van der Waals surface area contributed by atoms with Gasteiger partial charge >= 0.3 is 5.97 Å². The molecule has 3 N–H and O–H groups in total. The van der Waals surface area contributed by atoms with E-state index in [0.717, 1.165) is 17.7 Å². The largest absolute Gasteiger partial charge is 0.508 e. The Morgan fingerprint density at radius 2 is 1.44 bits per heavy atom. The number of carboxylic acids is 2. The fourth-order valence-electron chi connectivity index (χ4n) is 1.37. The van der Waals surface area contributed by atoms with E-state index in [4.69, 9.17) is 15.0 Å². The third-order valence-corrected chi connectivity index (χ3v) is 2.07. The predicted octanol–water partition coefficient (Wildman–Crippen LogP) is 2.33. The molecule has 0 aromatic heterocycles. The molecule has 0 aliphatic carbocycles. The molecular weight excluding hydrogens is 236 g/mol. The van der Waals surface area contributed by atoms with Crippen molar-refractivity contribution in [2.24, 2.45) is 0 Å². The van der Waals surface area contributed by atoms with Gasteiger partial charge < -0.3 is 15.3 Å². The molecule has 0 bridgehead atoms. The number of rotatable bonds is 1. The van der Waals surface area contributed by atoms with E-state index >= 15 is 0 Å². The molecular formula is C13H12O5. The summed E-state index contributed by atoms with van der Waals surface area (Å²) in [5.41, 5.74) is 0.253. The molecule has 0 fully saturated rings. The topological polar surface area (TPSA) is 94.8 Å². The smallest absolute Gasteiger partial charge is 0.335 e. The van der Waals surface area contributed by atoms with Crippen molar-refractivity contribution in [3.63, 3.8) is 0 Å². The highest BCUT2D eigenvalue weighted by atomic mass is 16.4. The van der Waals surface area contributed by atoms with Crippen LogP contribution in [0.1, 0.15) is 17.3 Å². The van der Waals surface area contributed by atoms with Crippen LogP contribution in [0.5, 0.6) is 5.75 Å². The standard InChI is InChI=1S/C11H8O3.C2H4O2/c12-10-4-3-7-5-9(11(13)14)2-1-8(7)6-10;1-2(3)4/h1-6,12H,(H,13,14);1H3,(H,3,4). The first-order valence-corrected chi connectivity index (χ1v) is 5.06. The number of aliphatic carboxylic acids is 1. The van der Waals surface area contributed by atoms with Crippen LogP contribution in [0.2, 0.25) is 0 Å². The molecule has 94 valence electrons. The molecule has 2 aromatic carbocycles. The first kappa shape index (κ1) is 13.5. The molecule has 0 aliphatic rings. The average Bonchev–Trinajstić information content (AvgIpc) is 2.27. The van der Waals surface area contributed by atoms with Gasteiger partial charge in [0.25, 0.3) is 5.97 Å². The zero-order valence-corrected chi connectivity index (χ0v) is 9.62. The van der Waals surface area contributed by atoms with E-state index in [-0.39, 0.29) is 11.3 Å². The maximum absolute atomic E-state index is 10.7. The number of aromatic hydroxyl groups is 1. The highest BCUT2D eigenvalue weighted by Crippen LogP contribution is 2.20. The molecule has 0 atom stereocenters. The lowest BCUT2D eigenvalue weighted by molar-refractivity contribution is -0.134. The summed E-state index contributed by atoms with van der Waals surface area (Å²) in [5, 5.41) is 27.0. The van der Waals surface area contributed by atoms with Gasteiger partial charge in [0.15, 0.2) is 0 Å². The van der Waals surface area contributed by atoms with Crippen LogP contribution in [0.15, 0.2) is 36.4 Å². The number of fused-ring (bicyclic) bond motifs is 1. The van der Waals surface area contributed by atoms with E-state index in [1.807, 2.05) is 0 Å². The minimum Gasteiger partial charge on any atom is -0.508 e. The number of aromatic carboxylic acids is 1. The molecule has 5 nitrogen and oxygen atoms in total. The summed E-state index contributed by atoms with van der Waals surface area (Å²) in [6.45, 7) is 1.08. The summed E-state index contributed by atoms with van der Waals surface area (Å²) in [5.74, 6) is -1.60. The lowest BCUT2D eigenvalue weighted by atomic mass is 10.1. The summed E-state index contributed by atoms with van der Waals surface area (Å²) in [7, 11) is 0. The maximum atomic E-state index is 10.7. The van der Waals surface area contributed by atoms with Gasteiger partial charge in [-0.3, -0.25) is 4.79 Å². The van der Waals surface area contributed by atoms with E-state index in [2.05, 4.69) is 0 Å². The van der Waals surface area contributed by atoms with Gasteiger partial charge in [0, 0.05) is 6.92 Å². The highest BCUT2D eigenvalue weighted by molar-refractivity contribution is 5.94. The molecule has 5 heteroatoms. The fraction of sp³-hybridized carbons (Fsp3) is 0.0769. The molecule has 2 rings (SSSR count). The molecule has 0 amide bonds. The predicted molar refractivity (Wildman–Crippen MR) is 65.9 cm³/mol. The van der Waals surface area contributed by atoms with Crippen molar-refractivity contribution in [1.29, 1.82) is 0 Å². The zero-order valence-electron chi connectivity index (χ0n) is 9.62. The van der Waals surface area contributed by atoms with Crippen LogP contribution in [-0.4, -0.2) is 27.3 Å². The number of carbonyl (C=O) groups is 2. The Labute approximate surface area is 103 Å². The number of phenolic OH excluding ortho intramolecular Hbond substituents is 1. The van der Waals surface area contributed by atoms with Gasteiger partial charge in [-0.05, 0) is 35.0 Å². The van der Waals surface area contributed by atoms with E-state index in [9.17, 15) is 9.90 Å². The minimum absolute atomic E-state index is 0.181. The Bertz CT molecular complexity index is 585. The number of benzene rings is 2. The Balaban J connectivity index is 0.000000357. The second-order valence-corrected chi connectivity index (χ2v) is 3.57. The maximum Gasteiger partial charge on any atom is 0.335 e. The minimum atomic E-state index is -0.944. The molecule has 0 spiro atoms. The van der Waals surface area contributed by atoms with E-state index in [1.54, 1.807) is 24.3 Å². The molecule has 0 heterocycles. The fourth-order valence-corrected chi connectivity index (χ4v) is 1.37. The highest BCUT2D eigenvalue weighted by Gasteiger charge is 2.03. The van der Waals surface area contributed by atoms with Crippen LogP contribution >= 0.6 is 0 Å². The van der Waals surface area contributed by atoms with Crippen molar-refractivity contribution in [3.05, 3.63) is 42.0 Å². The number of carboxylic acid groups (broad SMARTS) is 2. The van der Waals surface area contributed by atoms with Crippen LogP contribution in [0.25, 0.3) is 10.8 Å². The average molecular weight is 248 g/mol. The Morgan fingerprint density at radius 3 is 2.00 bits per heavy atom. The molecule has 0 saturated heterocycles. The SMILES string of the molecule is CC(=O)O.O=C(O)c1ccc2cc(O)ccc2c1. The molecule has 0 saturated carbocycles. The second kappa shape index (κ2) is 5.67. The number of hydrogen-bond acceptors (Lipinski definition) is 3. The number of phenols is 1. The van der Waals surface area contributed by atoms with Gasteiger partial charge in [-0.2, -0.15) is 0 Å². The molecule has 18 heavy (non-hydrogen) atoms. The lowest BCUT2D eigenvalue weighted by Gasteiger charge is -2.00. The first-order valence-electron chi connectivity index (χ1n) is 5.06. The zero-order chi connectivity index (χ0) is 13.7. The molecule has 0 radical (unpaired) electrons. The third-order valence-electron chi connectivity index (χ3n) is 2.07. The Morgan fingerprint density at radius 1 is 0.944 bits per heavy atom. The van der Waals surface area contributed by atoms with Crippen molar-refractivity contribution in [3.8, 4) is 5.75 Å². The Kier molecular flexibility index (Phi) is 4.26. The van der Waals surface area contributed by atoms with Crippen molar-refractivity contribution in [2.45, 2.75) is 6.92 Å². The molecule has 2 aromatic rings. The van der Waals surface area contributed by atoms with Crippen LogP contribution in [0.3, 0.4) is 0 Å². The van der Waals surface area contributed by atoms with Gasteiger partial charge in [-0.15, -0.1) is 0 Å². The van der Waals surface area contributed by atoms with E-state index in [1.165, 1.54) is 12.1 Å². The van der Waals surface area contributed by atoms with Gasteiger partial charge in [-0.1, -0.05) is 12.1 Å². The third kappa shape index (κ3) is 3.79. The van der Waals surface area contributed by atoms with Gasteiger partial charge in [0.1, 0.15) is 5.75 Å². The Hall–Kier alpha value is -2.56. The lowest BCUT2D eigenvalue weighted by Crippen LogP contribution is -1.94. The van der Waals surface area contributed by atoms with Crippen LogP contribution < -0.4 is 0 Å². The summed E-state index contributed by atoms with van der Waals surface area (Å²) in [6.07, 6.45) is 0. The van der Waals surface area contributed by atoms with Crippen molar-refractivity contribution in [2.75, 3.05) is 0 Å². The monoisotopic (exact) mass is 248 g/mol. The summed E-state index contributed by atoms with van der Waals surface area (Å²) < 4.78 is 0. The second-order valence-electron chi connectivity index (χ2n) is 3.57. The summed E-state index contributed by atoms with van der Waals surface area (Å²) in [6, 6.07) is 9.60. The summed E-state index contributed by atoms with van der Waals surface area (Å²) >= 11 is 0. The number of hydrogen-bond donors (Lipinski definition) is 3. The van der Waals surface area contributed by atoms with Crippen LogP contribution in [-0.2, 0) is 4.79 Å². The van der Waals surface area contributed by atoms with Crippen molar-refractivity contribution in [1.82, 2.24) is 0 Å². The quantitative estimate of drug-likeness (QED) is 0.720. The van der Waals surface area contributed by atoms with E-state index < -0.39 is 11.9 Å². The van der Waals surface area contributed by atoms with Crippen molar-refractivity contribution < 1.29 is 24.9 Å². The normalized spacial score (nSPS) is 9.39. The van der Waals surface area contributed by atoms with Gasteiger partial charge in [0.2, 0.25) is 0 Å². The molecule has 0 aliphatic heterocycles. The van der Waals surface area contributed by atoms with Gasteiger partial charge in [0.05, 0.1) is 5.56 Å². The van der Waals surface area contributed by atoms with Gasteiger partial charge in [-0.25, -0.2) is 4.79 Å². The van der Waals surface area contributed by atoms with E-state index in [0.29, 0.717) is 0 Å².